The maximum atomic E-state index is 13.2. The molecule has 8 nitrogen and oxygen atoms in total. The quantitative estimate of drug-likeness (QED) is 0.512. The zero-order valence-electron chi connectivity index (χ0n) is 13.8. The Labute approximate surface area is 143 Å². The Bertz CT molecular complexity index is 760. The lowest BCUT2D eigenvalue weighted by atomic mass is 10.3. The summed E-state index contributed by atoms with van der Waals surface area (Å²) in [6.07, 6.45) is 0.163. The minimum absolute atomic E-state index is 0.0447. The first kappa shape index (κ1) is 18.1. The number of rotatable bonds is 4. The molecule has 0 aromatic heterocycles. The van der Waals surface area contributed by atoms with Crippen LogP contribution in [0.5, 0.6) is 5.75 Å². The second kappa shape index (κ2) is 8.04. The molecule has 1 fully saturated rings. The lowest BCUT2D eigenvalue weighted by molar-refractivity contribution is -0.121. The lowest BCUT2D eigenvalue weighted by Crippen LogP contribution is -2.48. The van der Waals surface area contributed by atoms with Gasteiger partial charge in [-0.1, -0.05) is 6.07 Å². The van der Waals surface area contributed by atoms with Crippen LogP contribution in [0.1, 0.15) is 13.3 Å². The van der Waals surface area contributed by atoms with Gasteiger partial charge in [0, 0.05) is 19.0 Å². The van der Waals surface area contributed by atoms with Crippen molar-refractivity contribution in [3.05, 3.63) is 41.7 Å². The van der Waals surface area contributed by atoms with Crippen LogP contribution in [0.3, 0.4) is 0 Å². The van der Waals surface area contributed by atoms with Crippen LogP contribution in [0.25, 0.3) is 0 Å². The molecule has 0 radical (unpaired) electrons. The Kier molecular flexibility index (Phi) is 5.83. The Morgan fingerprint density at radius 1 is 1.40 bits per heavy atom. The zero-order chi connectivity index (χ0) is 18.4. The van der Waals surface area contributed by atoms with Crippen LogP contribution >= 0.6 is 0 Å². The molecule has 0 atom stereocenters. The predicted molar refractivity (Wildman–Crippen MR) is 88.6 cm³/mol. The number of hydrogen-bond donors (Lipinski definition) is 1. The maximum absolute atomic E-state index is 13.2. The van der Waals surface area contributed by atoms with E-state index in [2.05, 4.69) is 22.0 Å². The summed E-state index contributed by atoms with van der Waals surface area (Å²) in [5.41, 5.74) is 0.358. The number of ether oxygens (including phenoxy) is 2. The van der Waals surface area contributed by atoms with E-state index >= 15 is 0 Å². The largest absolute Gasteiger partial charge is 0.480 e. The summed E-state index contributed by atoms with van der Waals surface area (Å²) < 4.78 is 23.7. The molecule has 25 heavy (non-hydrogen) atoms. The molecule has 0 spiro atoms. The van der Waals surface area contributed by atoms with Crippen LogP contribution in [0.2, 0.25) is 0 Å². The summed E-state index contributed by atoms with van der Waals surface area (Å²) >= 11 is 0. The number of carbonyl (C=O) groups is 2. The highest BCUT2D eigenvalue weighted by Crippen LogP contribution is 2.17. The van der Waals surface area contributed by atoms with Crippen molar-refractivity contribution in [1.82, 2.24) is 10.2 Å². The van der Waals surface area contributed by atoms with Crippen LogP contribution in [-0.2, 0) is 9.53 Å². The molecule has 1 aromatic carbocycles. The molecular weight excluding hydrogens is 331 g/mol. The number of hydrogen-bond acceptors (Lipinski definition) is 5. The average molecular weight is 348 g/mol. The maximum Gasteiger partial charge on any atom is 0.328 e. The lowest BCUT2D eigenvalue weighted by Gasteiger charge is -2.27. The standard InChI is InChI=1S/C16H17FN4O4/c1-10(21-8-7-13(22)19-16(21)23)14(24-3)20-15(18-2)25-12-6-4-5-11(17)9-12/h4-6,9H,2,7-8H2,1,3H3,(H,19,22,23)/b14-10-,20-15+. The number of carbonyl (C=O) groups excluding carboxylic acids is 2. The zero-order valence-corrected chi connectivity index (χ0v) is 13.8. The van der Waals surface area contributed by atoms with Crippen molar-refractivity contribution in [3.63, 3.8) is 0 Å². The van der Waals surface area contributed by atoms with Gasteiger partial charge in [-0.3, -0.25) is 15.0 Å². The third-order valence-electron chi connectivity index (χ3n) is 3.30. The molecule has 2 rings (SSSR count). The summed E-state index contributed by atoms with van der Waals surface area (Å²) in [5, 5.41) is 2.20. The highest BCUT2D eigenvalue weighted by Gasteiger charge is 2.26. The summed E-state index contributed by atoms with van der Waals surface area (Å²) in [6, 6.07) is 4.67. The number of benzene rings is 1. The van der Waals surface area contributed by atoms with E-state index in [1.165, 1.54) is 30.2 Å². The van der Waals surface area contributed by atoms with E-state index in [0.717, 1.165) is 6.07 Å². The van der Waals surface area contributed by atoms with E-state index in [0.29, 0.717) is 5.70 Å². The van der Waals surface area contributed by atoms with Crippen LogP contribution in [0.15, 0.2) is 45.8 Å². The third-order valence-corrected chi connectivity index (χ3v) is 3.30. The van der Waals surface area contributed by atoms with Crippen molar-refractivity contribution in [1.29, 1.82) is 0 Å². The molecule has 0 saturated carbocycles. The van der Waals surface area contributed by atoms with E-state index < -0.39 is 11.8 Å². The molecule has 1 heterocycles. The number of methoxy groups -OCH3 is 1. The number of urea groups is 1. The molecule has 1 aliphatic heterocycles. The Hall–Kier alpha value is -3.23. The second-order valence-corrected chi connectivity index (χ2v) is 4.96. The summed E-state index contributed by atoms with van der Waals surface area (Å²) in [7, 11) is 1.36. The van der Waals surface area contributed by atoms with E-state index in [9.17, 15) is 14.0 Å². The SMILES string of the molecule is C=N/C(=N\C(OC)=C(/C)N1CCC(=O)NC1=O)Oc1cccc(F)c1. The van der Waals surface area contributed by atoms with E-state index in [-0.39, 0.29) is 36.5 Å². The monoisotopic (exact) mass is 348 g/mol. The molecular formula is C16H17FN4O4. The van der Waals surface area contributed by atoms with Crippen LogP contribution < -0.4 is 10.1 Å². The minimum atomic E-state index is -0.572. The number of nitrogens with one attached hydrogen (secondary N) is 1. The topological polar surface area (TPSA) is 92.6 Å². The van der Waals surface area contributed by atoms with Gasteiger partial charge in [0.05, 0.1) is 12.8 Å². The van der Waals surface area contributed by atoms with Gasteiger partial charge in [-0.15, -0.1) is 0 Å². The van der Waals surface area contributed by atoms with Crippen LogP contribution in [0, 0.1) is 5.82 Å². The Morgan fingerprint density at radius 2 is 2.16 bits per heavy atom. The molecule has 9 heteroatoms. The number of nitrogens with zero attached hydrogens (tertiary/aromatic N) is 3. The van der Waals surface area contributed by atoms with Crippen molar-refractivity contribution in [3.8, 4) is 5.75 Å². The molecule has 0 bridgehead atoms. The molecule has 132 valence electrons. The molecule has 1 aromatic rings. The number of aliphatic imine (C=N–C) groups is 2. The molecule has 1 aliphatic rings. The van der Waals surface area contributed by atoms with E-state index in [1.807, 2.05) is 0 Å². The first-order valence-corrected chi connectivity index (χ1v) is 7.29. The van der Waals surface area contributed by atoms with Gasteiger partial charge in [0.1, 0.15) is 11.6 Å². The summed E-state index contributed by atoms with van der Waals surface area (Å²) in [6.45, 7) is 5.14. The number of imide groups is 1. The smallest absolute Gasteiger partial charge is 0.328 e. The number of amides is 3. The van der Waals surface area contributed by atoms with Crippen LogP contribution in [0.4, 0.5) is 9.18 Å². The molecule has 0 unspecified atom stereocenters. The van der Waals surface area contributed by atoms with Crippen molar-refractivity contribution < 1.29 is 23.5 Å². The number of halogens is 1. The Balaban J connectivity index is 2.27. The minimum Gasteiger partial charge on any atom is -0.480 e. The first-order chi connectivity index (χ1) is 11.9. The fourth-order valence-electron chi connectivity index (χ4n) is 2.09. The molecule has 3 amide bonds. The predicted octanol–water partition coefficient (Wildman–Crippen LogP) is 2.04. The fourth-order valence-corrected chi connectivity index (χ4v) is 2.09. The van der Waals surface area contributed by atoms with Crippen molar-refractivity contribution >= 4 is 24.7 Å². The third kappa shape index (κ3) is 4.63. The summed E-state index contributed by atoms with van der Waals surface area (Å²) in [4.78, 5) is 32.1. The number of amidine groups is 1. The van der Waals surface area contributed by atoms with Crippen molar-refractivity contribution in [2.45, 2.75) is 13.3 Å². The van der Waals surface area contributed by atoms with Crippen LogP contribution in [-0.4, -0.2) is 43.2 Å². The van der Waals surface area contributed by atoms with Gasteiger partial charge in [0.2, 0.25) is 11.8 Å². The normalized spacial score (nSPS) is 16.1. The van der Waals surface area contributed by atoms with Gasteiger partial charge in [-0.2, -0.15) is 4.99 Å². The van der Waals surface area contributed by atoms with Gasteiger partial charge in [0.15, 0.2) is 0 Å². The number of allylic oxidation sites excluding steroid dienone is 1. The first-order valence-electron chi connectivity index (χ1n) is 7.29. The highest BCUT2D eigenvalue weighted by atomic mass is 19.1. The van der Waals surface area contributed by atoms with Crippen molar-refractivity contribution in [2.75, 3.05) is 13.7 Å². The van der Waals surface area contributed by atoms with E-state index in [1.54, 1.807) is 6.92 Å². The average Bonchev–Trinajstić information content (AvgIpc) is 2.58. The van der Waals surface area contributed by atoms with Gasteiger partial charge in [-0.05, 0) is 25.8 Å². The molecule has 1 N–H and O–H groups in total. The van der Waals surface area contributed by atoms with Crippen molar-refractivity contribution in [2.24, 2.45) is 9.98 Å². The van der Waals surface area contributed by atoms with E-state index in [4.69, 9.17) is 9.47 Å². The van der Waals surface area contributed by atoms with Gasteiger partial charge in [-0.25, -0.2) is 14.2 Å². The molecule has 1 saturated heterocycles. The second-order valence-electron chi connectivity index (χ2n) is 4.96. The fraction of sp³-hybridized carbons (Fsp3) is 0.250. The summed E-state index contributed by atoms with van der Waals surface area (Å²) in [5.74, 6) is -0.600. The van der Waals surface area contributed by atoms with Gasteiger partial charge >= 0.3 is 12.1 Å². The van der Waals surface area contributed by atoms with Gasteiger partial charge < -0.3 is 9.47 Å². The molecule has 0 aliphatic carbocycles. The Morgan fingerprint density at radius 3 is 2.76 bits per heavy atom. The highest BCUT2D eigenvalue weighted by molar-refractivity contribution is 5.97. The van der Waals surface area contributed by atoms with Gasteiger partial charge in [0.25, 0.3) is 0 Å².